The fourth-order valence-electron chi connectivity index (χ4n) is 1.38. The molecule has 0 fully saturated rings. The first-order valence-corrected chi connectivity index (χ1v) is 9.18. The topological polar surface area (TPSA) is 83.6 Å². The second-order valence-corrected chi connectivity index (χ2v) is 8.15. The molecule has 0 amide bonds. The molecule has 1 aromatic carbocycles. The lowest BCUT2D eigenvalue weighted by atomic mass is 10.2. The van der Waals surface area contributed by atoms with Gasteiger partial charge in [0.1, 0.15) is 0 Å². The van der Waals surface area contributed by atoms with Crippen molar-refractivity contribution in [3.8, 4) is 0 Å². The van der Waals surface area contributed by atoms with Crippen molar-refractivity contribution in [2.45, 2.75) is 18.7 Å². The molecule has 9 heteroatoms. The highest BCUT2D eigenvalue weighted by molar-refractivity contribution is 8.12. The zero-order valence-electron chi connectivity index (χ0n) is 10.5. The summed E-state index contributed by atoms with van der Waals surface area (Å²) in [6.45, 7) is 3.16. The number of nitrogens with one attached hydrogen (secondary N) is 1. The highest BCUT2D eigenvalue weighted by atomic mass is 35.7. The average Bonchev–Trinajstić information content (AvgIpc) is 2.28. The fourth-order valence-corrected chi connectivity index (χ4v) is 3.27. The first kappa shape index (κ1) is 16.4. The summed E-state index contributed by atoms with van der Waals surface area (Å²) < 4.78 is 49.0. The number of nitrogens with zero attached hydrogens (tertiary/aromatic N) is 1. The van der Waals surface area contributed by atoms with E-state index in [1.54, 1.807) is 19.1 Å². The third-order valence-electron chi connectivity index (χ3n) is 2.42. The van der Waals surface area contributed by atoms with E-state index in [1.807, 2.05) is 11.6 Å². The van der Waals surface area contributed by atoms with Crippen LogP contribution in [0.3, 0.4) is 0 Å². The van der Waals surface area contributed by atoms with E-state index in [-0.39, 0.29) is 11.4 Å². The highest BCUT2D eigenvalue weighted by Crippen LogP contribution is 2.15. The summed E-state index contributed by atoms with van der Waals surface area (Å²) in [4.78, 5) is 0.105. The number of benzene rings is 1. The van der Waals surface area contributed by atoms with E-state index < -0.39 is 25.9 Å². The normalized spacial score (nSPS) is 12.8. The van der Waals surface area contributed by atoms with E-state index in [1.165, 1.54) is 12.1 Å². The SMILES string of the molecule is CCN(CNS(=O)(=O)Cl)S(=O)(=O)c1ccc(C)cc1. The molecule has 1 rings (SSSR count). The minimum Gasteiger partial charge on any atom is -0.207 e. The molecular weight excluding hydrogens is 312 g/mol. The van der Waals surface area contributed by atoms with Gasteiger partial charge in [0, 0.05) is 17.2 Å². The second-order valence-electron chi connectivity index (χ2n) is 3.83. The Morgan fingerprint density at radius 2 is 1.68 bits per heavy atom. The van der Waals surface area contributed by atoms with Crippen LogP contribution in [0.15, 0.2) is 29.2 Å². The molecular formula is C10H15ClN2O4S2. The predicted molar refractivity (Wildman–Crippen MR) is 73.5 cm³/mol. The molecule has 0 heterocycles. The number of hydrogen-bond acceptors (Lipinski definition) is 4. The van der Waals surface area contributed by atoms with Crippen LogP contribution in [0.1, 0.15) is 12.5 Å². The third kappa shape index (κ3) is 4.73. The summed E-state index contributed by atoms with van der Waals surface area (Å²) in [5.41, 5.74) is 0.934. The Balaban J connectivity index is 2.99. The van der Waals surface area contributed by atoms with E-state index in [0.29, 0.717) is 0 Å². The zero-order valence-corrected chi connectivity index (χ0v) is 12.9. The van der Waals surface area contributed by atoms with Gasteiger partial charge in [0.15, 0.2) is 0 Å². The number of aryl methyl sites for hydroxylation is 1. The quantitative estimate of drug-likeness (QED) is 0.625. The molecule has 0 aliphatic rings. The summed E-state index contributed by atoms with van der Waals surface area (Å²) in [6, 6.07) is 6.30. The molecule has 108 valence electrons. The fraction of sp³-hybridized carbons (Fsp3) is 0.400. The lowest BCUT2D eigenvalue weighted by Crippen LogP contribution is -2.39. The Kier molecular flexibility index (Phi) is 5.34. The van der Waals surface area contributed by atoms with Gasteiger partial charge in [-0.1, -0.05) is 24.6 Å². The number of sulfonamides is 1. The lowest BCUT2D eigenvalue weighted by Gasteiger charge is -2.20. The van der Waals surface area contributed by atoms with Crippen molar-refractivity contribution in [1.82, 2.24) is 9.03 Å². The van der Waals surface area contributed by atoms with Crippen LogP contribution in [0.4, 0.5) is 0 Å². The van der Waals surface area contributed by atoms with Gasteiger partial charge in [0.05, 0.1) is 11.6 Å². The minimum atomic E-state index is -3.96. The molecule has 0 aromatic heterocycles. The van der Waals surface area contributed by atoms with Crippen LogP contribution in [-0.2, 0) is 19.3 Å². The monoisotopic (exact) mass is 326 g/mol. The first-order valence-electron chi connectivity index (χ1n) is 5.43. The first-order chi connectivity index (χ1) is 8.66. The molecule has 0 aliphatic carbocycles. The molecule has 0 radical (unpaired) electrons. The predicted octanol–water partition coefficient (Wildman–Crippen LogP) is 1.04. The average molecular weight is 327 g/mol. The van der Waals surface area contributed by atoms with Crippen LogP contribution in [-0.4, -0.2) is 34.4 Å². The van der Waals surface area contributed by atoms with Crippen molar-refractivity contribution in [2.75, 3.05) is 13.2 Å². The smallest absolute Gasteiger partial charge is 0.207 e. The Hall–Kier alpha value is -0.670. The summed E-state index contributed by atoms with van der Waals surface area (Å²) in [5.74, 6) is 0. The molecule has 0 atom stereocenters. The molecule has 1 aromatic rings. The molecule has 19 heavy (non-hydrogen) atoms. The Bertz CT molecular complexity index is 626. The van der Waals surface area contributed by atoms with Crippen molar-refractivity contribution >= 4 is 29.9 Å². The van der Waals surface area contributed by atoms with Gasteiger partial charge in [-0.25, -0.2) is 8.42 Å². The molecule has 0 spiro atoms. The zero-order chi connectivity index (χ0) is 14.7. The Morgan fingerprint density at radius 1 is 1.16 bits per heavy atom. The van der Waals surface area contributed by atoms with Crippen LogP contribution in [0.5, 0.6) is 0 Å². The molecule has 0 aliphatic heterocycles. The standard InChI is InChI=1S/C10H15ClN2O4S2/c1-3-13(8-12-19(11,16)17)18(14,15)10-6-4-9(2)5-7-10/h4-7,12H,3,8H2,1-2H3. The maximum atomic E-state index is 12.2. The summed E-state index contributed by atoms with van der Waals surface area (Å²) >= 11 is 0. The van der Waals surface area contributed by atoms with E-state index in [0.717, 1.165) is 9.87 Å². The summed E-state index contributed by atoms with van der Waals surface area (Å²) in [6.07, 6.45) is 0. The lowest BCUT2D eigenvalue weighted by molar-refractivity contribution is 0.422. The van der Waals surface area contributed by atoms with E-state index in [2.05, 4.69) is 0 Å². The van der Waals surface area contributed by atoms with E-state index in [4.69, 9.17) is 10.7 Å². The van der Waals surface area contributed by atoms with Crippen LogP contribution in [0.25, 0.3) is 0 Å². The molecule has 0 bridgehead atoms. The van der Waals surface area contributed by atoms with Crippen LogP contribution < -0.4 is 4.72 Å². The van der Waals surface area contributed by atoms with E-state index in [9.17, 15) is 16.8 Å². The van der Waals surface area contributed by atoms with Crippen molar-refractivity contribution in [3.63, 3.8) is 0 Å². The maximum absolute atomic E-state index is 12.2. The highest BCUT2D eigenvalue weighted by Gasteiger charge is 2.23. The van der Waals surface area contributed by atoms with Crippen molar-refractivity contribution in [1.29, 1.82) is 0 Å². The van der Waals surface area contributed by atoms with Crippen molar-refractivity contribution < 1.29 is 16.8 Å². The Morgan fingerprint density at radius 3 is 2.11 bits per heavy atom. The molecule has 1 N–H and O–H groups in total. The number of hydrogen-bond donors (Lipinski definition) is 1. The van der Waals surface area contributed by atoms with E-state index >= 15 is 0 Å². The molecule has 0 saturated carbocycles. The summed E-state index contributed by atoms with van der Waals surface area (Å²) in [7, 11) is -2.71. The van der Waals surface area contributed by atoms with Crippen molar-refractivity contribution in [2.24, 2.45) is 0 Å². The molecule has 6 nitrogen and oxygen atoms in total. The number of halogens is 1. The van der Waals surface area contributed by atoms with Gasteiger partial charge in [-0.2, -0.15) is 17.4 Å². The van der Waals surface area contributed by atoms with Gasteiger partial charge < -0.3 is 0 Å². The minimum absolute atomic E-state index is 0.105. The van der Waals surface area contributed by atoms with Gasteiger partial charge in [0.2, 0.25) is 10.0 Å². The maximum Gasteiger partial charge on any atom is 0.298 e. The van der Waals surface area contributed by atoms with Gasteiger partial charge in [-0.15, -0.1) is 0 Å². The third-order valence-corrected chi connectivity index (χ3v) is 5.16. The molecule has 0 unspecified atom stereocenters. The Labute approximate surface area is 118 Å². The van der Waals surface area contributed by atoms with Gasteiger partial charge in [-0.3, -0.25) is 0 Å². The van der Waals surface area contributed by atoms with Crippen LogP contribution in [0, 0.1) is 6.92 Å². The van der Waals surface area contributed by atoms with Gasteiger partial charge in [-0.05, 0) is 19.1 Å². The molecule has 0 saturated heterocycles. The summed E-state index contributed by atoms with van der Waals surface area (Å²) in [5, 5.41) is 0. The van der Waals surface area contributed by atoms with Gasteiger partial charge >= 0.3 is 0 Å². The second kappa shape index (κ2) is 6.19. The van der Waals surface area contributed by atoms with Crippen LogP contribution >= 0.6 is 10.7 Å². The number of rotatable bonds is 6. The van der Waals surface area contributed by atoms with Gasteiger partial charge in [0.25, 0.3) is 9.24 Å². The van der Waals surface area contributed by atoms with Crippen LogP contribution in [0.2, 0.25) is 0 Å². The largest absolute Gasteiger partial charge is 0.298 e. The van der Waals surface area contributed by atoms with Crippen molar-refractivity contribution in [3.05, 3.63) is 29.8 Å².